The highest BCUT2D eigenvalue weighted by Crippen LogP contribution is 2.49. The van der Waals surface area contributed by atoms with Gasteiger partial charge in [0.15, 0.2) is 0 Å². The van der Waals surface area contributed by atoms with Crippen molar-refractivity contribution in [2.24, 2.45) is 0 Å². The Morgan fingerprint density at radius 3 is 1.84 bits per heavy atom. The third kappa shape index (κ3) is 5.23. The third-order valence-electron chi connectivity index (χ3n) is 10.0. The molecule has 49 heavy (non-hydrogen) atoms. The topological polar surface area (TPSA) is 4.93 Å². The van der Waals surface area contributed by atoms with Gasteiger partial charge < -0.3 is 4.57 Å². The first-order valence-electron chi connectivity index (χ1n) is 17.2. The minimum absolute atomic E-state index is 0.0465. The van der Waals surface area contributed by atoms with Crippen molar-refractivity contribution in [1.29, 1.82) is 0 Å². The van der Waals surface area contributed by atoms with Crippen molar-refractivity contribution in [2.75, 3.05) is 0 Å². The zero-order chi connectivity index (χ0) is 33.7. The molecule has 0 atom stereocenters. The Balaban J connectivity index is 0.00000171. The second-order valence-corrected chi connectivity index (χ2v) is 14.1. The van der Waals surface area contributed by atoms with Gasteiger partial charge in [-0.05, 0) is 110 Å². The fourth-order valence-electron chi connectivity index (χ4n) is 7.69. The Kier molecular flexibility index (Phi) is 7.85. The molecule has 2 heteroatoms. The van der Waals surface area contributed by atoms with E-state index in [2.05, 4.69) is 192 Å². The van der Waals surface area contributed by atoms with Crippen LogP contribution in [-0.2, 0) is 5.41 Å². The molecule has 1 aliphatic carbocycles. The summed E-state index contributed by atoms with van der Waals surface area (Å²) in [6.45, 7) is 8.70. The smallest absolute Gasteiger partial charge is 0.0541 e. The SMILES string of the molecule is CC.CC1(C)c2ccccc2-c2ccc(-n3c4ccccc4c4cc(-c5cccc(-c6cc(Br)cc(-c7ccccc7)c6)c5)ccc43)cc21. The van der Waals surface area contributed by atoms with Crippen molar-refractivity contribution in [3.8, 4) is 50.2 Å². The van der Waals surface area contributed by atoms with E-state index >= 15 is 0 Å². The van der Waals surface area contributed by atoms with Gasteiger partial charge in [0.05, 0.1) is 11.0 Å². The molecular weight excluding hydrogens is 658 g/mol. The van der Waals surface area contributed by atoms with Gasteiger partial charge in [-0.15, -0.1) is 0 Å². The van der Waals surface area contributed by atoms with Crippen molar-refractivity contribution in [2.45, 2.75) is 33.1 Å². The molecule has 0 radical (unpaired) electrons. The second kappa shape index (κ2) is 12.4. The number of para-hydroxylation sites is 1. The Labute approximate surface area is 297 Å². The lowest BCUT2D eigenvalue weighted by atomic mass is 9.82. The zero-order valence-corrected chi connectivity index (χ0v) is 29.9. The lowest BCUT2D eigenvalue weighted by molar-refractivity contribution is 0.660. The highest BCUT2D eigenvalue weighted by molar-refractivity contribution is 9.10. The number of benzene rings is 7. The first-order valence-corrected chi connectivity index (χ1v) is 18.0. The van der Waals surface area contributed by atoms with Gasteiger partial charge in [0, 0.05) is 26.3 Å². The van der Waals surface area contributed by atoms with Crippen LogP contribution in [0.1, 0.15) is 38.8 Å². The summed E-state index contributed by atoms with van der Waals surface area (Å²) in [4.78, 5) is 0. The number of fused-ring (bicyclic) bond motifs is 6. The average molecular weight is 697 g/mol. The van der Waals surface area contributed by atoms with Crippen LogP contribution in [0.15, 0.2) is 162 Å². The molecule has 1 aromatic heterocycles. The maximum atomic E-state index is 3.77. The molecule has 0 fully saturated rings. The molecule has 0 amide bonds. The van der Waals surface area contributed by atoms with Crippen LogP contribution < -0.4 is 0 Å². The van der Waals surface area contributed by atoms with Crippen LogP contribution in [-0.4, -0.2) is 4.57 Å². The monoisotopic (exact) mass is 695 g/mol. The lowest BCUT2D eigenvalue weighted by Crippen LogP contribution is -2.15. The van der Waals surface area contributed by atoms with Crippen molar-refractivity contribution in [3.05, 3.63) is 173 Å². The largest absolute Gasteiger partial charge is 0.309 e. The molecule has 0 N–H and O–H groups in total. The maximum absolute atomic E-state index is 3.77. The standard InChI is InChI=1S/C45H32BrN.C2H6/c1-45(2)41-17-8-6-15-37(41)38-21-20-36(28-42(38)45)47-43-18-9-7-16-39(43)40-27-32(19-22-44(40)47)30-13-10-14-31(23-30)34-24-33(25-35(46)26-34)29-11-4-3-5-12-29;1-2/h3-28H,1-2H3;1-2H3. The van der Waals surface area contributed by atoms with E-state index in [0.717, 1.165) is 4.47 Å². The molecule has 0 bridgehead atoms. The van der Waals surface area contributed by atoms with Crippen molar-refractivity contribution >= 4 is 37.7 Å². The summed E-state index contributed by atoms with van der Waals surface area (Å²) < 4.78 is 3.52. The summed E-state index contributed by atoms with van der Waals surface area (Å²) in [5.41, 5.74) is 16.3. The number of hydrogen-bond acceptors (Lipinski definition) is 0. The van der Waals surface area contributed by atoms with E-state index in [4.69, 9.17) is 0 Å². The molecule has 9 rings (SSSR count). The molecular formula is C47H38BrN. The maximum Gasteiger partial charge on any atom is 0.0541 e. The molecule has 0 saturated carbocycles. The highest BCUT2D eigenvalue weighted by Gasteiger charge is 2.35. The highest BCUT2D eigenvalue weighted by atomic mass is 79.9. The van der Waals surface area contributed by atoms with Gasteiger partial charge in [-0.3, -0.25) is 0 Å². The van der Waals surface area contributed by atoms with Gasteiger partial charge in [0.2, 0.25) is 0 Å². The lowest BCUT2D eigenvalue weighted by Gasteiger charge is -2.22. The fourth-order valence-corrected chi connectivity index (χ4v) is 8.19. The van der Waals surface area contributed by atoms with Gasteiger partial charge in [0.25, 0.3) is 0 Å². The number of nitrogens with zero attached hydrogens (tertiary/aromatic N) is 1. The van der Waals surface area contributed by atoms with Gasteiger partial charge in [-0.25, -0.2) is 0 Å². The molecule has 0 saturated heterocycles. The molecule has 7 aromatic carbocycles. The molecule has 1 heterocycles. The Hall–Kier alpha value is -5.18. The van der Waals surface area contributed by atoms with Crippen molar-refractivity contribution in [3.63, 3.8) is 0 Å². The third-order valence-corrected chi connectivity index (χ3v) is 10.5. The van der Waals surface area contributed by atoms with E-state index in [-0.39, 0.29) is 5.41 Å². The summed E-state index contributed by atoms with van der Waals surface area (Å²) in [5, 5.41) is 2.53. The first-order chi connectivity index (χ1) is 24.0. The Morgan fingerprint density at radius 2 is 1.02 bits per heavy atom. The minimum Gasteiger partial charge on any atom is -0.309 e. The molecule has 1 aliphatic rings. The van der Waals surface area contributed by atoms with E-state index in [0.29, 0.717) is 0 Å². The molecule has 0 aliphatic heterocycles. The summed E-state index contributed by atoms with van der Waals surface area (Å²) in [6.07, 6.45) is 0. The number of aromatic nitrogens is 1. The summed E-state index contributed by atoms with van der Waals surface area (Å²) in [7, 11) is 0. The average Bonchev–Trinajstić information content (AvgIpc) is 3.60. The Bertz CT molecular complexity index is 2500. The zero-order valence-electron chi connectivity index (χ0n) is 28.3. The van der Waals surface area contributed by atoms with Crippen LogP contribution in [0.5, 0.6) is 0 Å². The second-order valence-electron chi connectivity index (χ2n) is 13.2. The summed E-state index contributed by atoms with van der Waals surface area (Å²) in [6, 6.07) is 57.8. The van der Waals surface area contributed by atoms with E-state index in [1.165, 1.54) is 83.1 Å². The number of hydrogen-bond donors (Lipinski definition) is 0. The normalized spacial score (nSPS) is 12.8. The van der Waals surface area contributed by atoms with Crippen molar-refractivity contribution in [1.82, 2.24) is 4.57 Å². The van der Waals surface area contributed by atoms with Crippen LogP contribution >= 0.6 is 15.9 Å². The van der Waals surface area contributed by atoms with Crippen LogP contribution in [0.2, 0.25) is 0 Å². The van der Waals surface area contributed by atoms with Gasteiger partial charge in [-0.2, -0.15) is 0 Å². The minimum atomic E-state index is -0.0465. The molecule has 8 aromatic rings. The van der Waals surface area contributed by atoms with Crippen LogP contribution in [0, 0.1) is 0 Å². The van der Waals surface area contributed by atoms with E-state index in [9.17, 15) is 0 Å². The fraction of sp³-hybridized carbons (Fsp3) is 0.106. The van der Waals surface area contributed by atoms with Gasteiger partial charge in [-0.1, -0.05) is 147 Å². The summed E-state index contributed by atoms with van der Waals surface area (Å²) in [5.74, 6) is 0. The van der Waals surface area contributed by atoms with E-state index < -0.39 is 0 Å². The van der Waals surface area contributed by atoms with Crippen LogP contribution in [0.25, 0.3) is 72.0 Å². The Morgan fingerprint density at radius 1 is 0.429 bits per heavy atom. The molecule has 238 valence electrons. The number of rotatable bonds is 4. The van der Waals surface area contributed by atoms with E-state index in [1.807, 2.05) is 13.8 Å². The van der Waals surface area contributed by atoms with Crippen molar-refractivity contribution < 1.29 is 0 Å². The quantitative estimate of drug-likeness (QED) is 0.173. The molecule has 0 unspecified atom stereocenters. The van der Waals surface area contributed by atoms with Gasteiger partial charge >= 0.3 is 0 Å². The molecule has 0 spiro atoms. The molecule has 1 nitrogen and oxygen atoms in total. The predicted molar refractivity (Wildman–Crippen MR) is 214 cm³/mol. The van der Waals surface area contributed by atoms with E-state index in [1.54, 1.807) is 0 Å². The van der Waals surface area contributed by atoms with Gasteiger partial charge in [0.1, 0.15) is 0 Å². The predicted octanol–water partition coefficient (Wildman–Crippen LogP) is 13.9. The van der Waals surface area contributed by atoms with Crippen LogP contribution in [0.3, 0.4) is 0 Å². The number of halogens is 1. The van der Waals surface area contributed by atoms with Crippen LogP contribution in [0.4, 0.5) is 0 Å². The first kappa shape index (κ1) is 31.1. The summed E-state index contributed by atoms with van der Waals surface area (Å²) >= 11 is 3.77.